The van der Waals surface area contributed by atoms with Gasteiger partial charge in [0.1, 0.15) is 11.9 Å². The van der Waals surface area contributed by atoms with E-state index in [2.05, 4.69) is 32.1 Å². The van der Waals surface area contributed by atoms with Crippen LogP contribution in [0.4, 0.5) is 23.0 Å². The lowest BCUT2D eigenvalue weighted by atomic mass is 10.2. The number of aryl methyl sites for hydroxylation is 1. The predicted molar refractivity (Wildman–Crippen MR) is 97.9 cm³/mol. The Bertz CT molecular complexity index is 792. The Kier molecular flexibility index (Phi) is 5.00. The van der Waals surface area contributed by atoms with Crippen LogP contribution in [0.15, 0.2) is 24.4 Å². The Morgan fingerprint density at radius 2 is 2.00 bits per heavy atom. The minimum absolute atomic E-state index is 0.103. The predicted octanol–water partition coefficient (Wildman–Crippen LogP) is 2.84. The average Bonchev–Trinajstić information content (AvgIpc) is 2.56. The fraction of sp³-hybridized carbons (Fsp3) is 0.375. The van der Waals surface area contributed by atoms with Gasteiger partial charge in [-0.1, -0.05) is 11.6 Å². The number of aromatic nitrogens is 2. The van der Waals surface area contributed by atoms with Crippen LogP contribution < -0.4 is 10.2 Å². The van der Waals surface area contributed by atoms with E-state index in [1.807, 2.05) is 18.2 Å². The van der Waals surface area contributed by atoms with Gasteiger partial charge in [-0.15, -0.1) is 0 Å². The van der Waals surface area contributed by atoms with E-state index in [-0.39, 0.29) is 5.69 Å². The van der Waals surface area contributed by atoms with Crippen molar-refractivity contribution in [3.63, 3.8) is 0 Å². The van der Waals surface area contributed by atoms with E-state index in [4.69, 9.17) is 11.6 Å². The number of nitro groups is 1. The third kappa shape index (κ3) is 3.97. The number of likely N-dealkylation sites (N-methyl/N-ethyl adjacent to an activating group) is 1. The molecule has 1 N–H and O–H groups in total. The topological polar surface area (TPSA) is 87.4 Å². The molecule has 2 heterocycles. The van der Waals surface area contributed by atoms with Crippen molar-refractivity contribution in [2.45, 2.75) is 6.92 Å². The molecule has 0 bridgehead atoms. The molecule has 0 saturated carbocycles. The lowest BCUT2D eigenvalue weighted by molar-refractivity contribution is -0.386. The molecule has 0 unspecified atom stereocenters. The molecule has 0 aliphatic carbocycles. The van der Waals surface area contributed by atoms with Gasteiger partial charge in [0.15, 0.2) is 0 Å². The van der Waals surface area contributed by atoms with Crippen molar-refractivity contribution in [1.29, 1.82) is 0 Å². The van der Waals surface area contributed by atoms with Crippen LogP contribution in [0.2, 0.25) is 5.02 Å². The smallest absolute Gasteiger partial charge is 0.308 e. The summed E-state index contributed by atoms with van der Waals surface area (Å²) in [7, 11) is 2.11. The number of halogens is 1. The van der Waals surface area contributed by atoms with Crippen molar-refractivity contribution in [1.82, 2.24) is 14.9 Å². The molecular formula is C16H19ClN6O2. The summed E-state index contributed by atoms with van der Waals surface area (Å²) < 4.78 is 0. The number of nitrogens with one attached hydrogen (secondary N) is 1. The van der Waals surface area contributed by atoms with Crippen LogP contribution >= 0.6 is 11.6 Å². The van der Waals surface area contributed by atoms with Gasteiger partial charge in [-0.05, 0) is 32.2 Å². The summed E-state index contributed by atoms with van der Waals surface area (Å²) >= 11 is 6.44. The second-order valence-electron chi connectivity index (χ2n) is 6.00. The highest BCUT2D eigenvalue weighted by Crippen LogP contribution is 2.30. The normalized spacial score (nSPS) is 15.2. The average molecular weight is 363 g/mol. The number of hydrogen-bond acceptors (Lipinski definition) is 7. The quantitative estimate of drug-likeness (QED) is 0.660. The Labute approximate surface area is 150 Å². The summed E-state index contributed by atoms with van der Waals surface area (Å²) in [5.74, 6) is 0.298. The first-order chi connectivity index (χ1) is 11.9. The molecule has 1 saturated heterocycles. The molecule has 0 spiro atoms. The molecule has 132 valence electrons. The zero-order valence-corrected chi connectivity index (χ0v) is 14.8. The summed E-state index contributed by atoms with van der Waals surface area (Å²) in [4.78, 5) is 23.0. The molecule has 1 fully saturated rings. The largest absolute Gasteiger partial charge is 0.368 e. The van der Waals surface area contributed by atoms with Crippen LogP contribution in [0.3, 0.4) is 0 Å². The number of anilines is 3. The molecule has 3 rings (SSSR count). The second-order valence-corrected chi connectivity index (χ2v) is 6.41. The summed E-state index contributed by atoms with van der Waals surface area (Å²) in [5, 5.41) is 14.5. The van der Waals surface area contributed by atoms with Gasteiger partial charge >= 0.3 is 5.69 Å². The van der Waals surface area contributed by atoms with Gasteiger partial charge in [-0.3, -0.25) is 10.1 Å². The van der Waals surface area contributed by atoms with Crippen LogP contribution in [0.5, 0.6) is 0 Å². The third-order valence-electron chi connectivity index (χ3n) is 4.20. The monoisotopic (exact) mass is 362 g/mol. The van der Waals surface area contributed by atoms with E-state index >= 15 is 0 Å². The molecule has 1 aliphatic rings. The minimum Gasteiger partial charge on any atom is -0.368 e. The van der Waals surface area contributed by atoms with Crippen molar-refractivity contribution in [3.05, 3.63) is 45.2 Å². The van der Waals surface area contributed by atoms with E-state index in [1.54, 1.807) is 6.92 Å². The molecule has 0 atom stereocenters. The summed E-state index contributed by atoms with van der Waals surface area (Å²) in [6, 6.07) is 5.68. The molecule has 0 amide bonds. The van der Waals surface area contributed by atoms with Gasteiger partial charge in [-0.25, -0.2) is 9.97 Å². The molecule has 2 aromatic rings. The second kappa shape index (κ2) is 7.20. The van der Waals surface area contributed by atoms with Crippen LogP contribution in [-0.2, 0) is 0 Å². The summed E-state index contributed by atoms with van der Waals surface area (Å²) in [5.41, 5.74) is 1.94. The van der Waals surface area contributed by atoms with Crippen LogP contribution in [0.1, 0.15) is 5.69 Å². The fourth-order valence-electron chi connectivity index (χ4n) is 2.72. The van der Waals surface area contributed by atoms with E-state index < -0.39 is 4.92 Å². The van der Waals surface area contributed by atoms with E-state index in [1.165, 1.54) is 6.20 Å². The standard InChI is InChI=1S/C16H19ClN6O2/c1-11-15(23(24)25)10-18-16(19-11)20-12-3-4-14(13(17)9-12)22-7-5-21(2)6-8-22/h3-4,9-10H,5-8H2,1-2H3,(H,18,19,20). The maximum atomic E-state index is 10.8. The van der Waals surface area contributed by atoms with Gasteiger partial charge in [-0.2, -0.15) is 0 Å². The highest BCUT2D eigenvalue weighted by Gasteiger charge is 2.17. The number of nitrogens with zero attached hydrogens (tertiary/aromatic N) is 5. The maximum Gasteiger partial charge on any atom is 0.308 e. The SMILES string of the molecule is Cc1nc(Nc2ccc(N3CCN(C)CC3)c(Cl)c2)ncc1[N+](=O)[O-]. The van der Waals surface area contributed by atoms with Gasteiger partial charge < -0.3 is 15.1 Å². The maximum absolute atomic E-state index is 10.8. The first-order valence-electron chi connectivity index (χ1n) is 7.92. The van der Waals surface area contributed by atoms with Gasteiger partial charge in [0, 0.05) is 31.9 Å². The zero-order chi connectivity index (χ0) is 18.0. The summed E-state index contributed by atoms with van der Waals surface area (Å²) in [6.45, 7) is 5.47. The Morgan fingerprint density at radius 1 is 1.28 bits per heavy atom. The molecule has 1 aromatic heterocycles. The highest BCUT2D eigenvalue weighted by molar-refractivity contribution is 6.33. The van der Waals surface area contributed by atoms with E-state index in [0.29, 0.717) is 16.7 Å². The first-order valence-corrected chi connectivity index (χ1v) is 8.30. The number of benzene rings is 1. The molecule has 8 nitrogen and oxygen atoms in total. The lowest BCUT2D eigenvalue weighted by Crippen LogP contribution is -2.44. The van der Waals surface area contributed by atoms with Crippen molar-refractivity contribution in [2.75, 3.05) is 43.4 Å². The van der Waals surface area contributed by atoms with Gasteiger partial charge in [0.25, 0.3) is 0 Å². The zero-order valence-electron chi connectivity index (χ0n) is 14.1. The third-order valence-corrected chi connectivity index (χ3v) is 4.50. The first kappa shape index (κ1) is 17.4. The lowest BCUT2D eigenvalue weighted by Gasteiger charge is -2.34. The summed E-state index contributed by atoms with van der Waals surface area (Å²) in [6.07, 6.45) is 1.20. The Hall–Kier alpha value is -2.45. The van der Waals surface area contributed by atoms with E-state index in [0.717, 1.165) is 37.6 Å². The molecule has 1 aromatic carbocycles. The molecule has 25 heavy (non-hydrogen) atoms. The molecule has 9 heteroatoms. The number of rotatable bonds is 4. The van der Waals surface area contributed by atoms with Crippen molar-refractivity contribution in [2.24, 2.45) is 0 Å². The Balaban J connectivity index is 1.75. The number of hydrogen-bond donors (Lipinski definition) is 1. The van der Waals surface area contributed by atoms with Gasteiger partial charge in [0.05, 0.1) is 15.6 Å². The molecule has 0 radical (unpaired) electrons. The van der Waals surface area contributed by atoms with Crippen molar-refractivity contribution < 1.29 is 4.92 Å². The molecule has 1 aliphatic heterocycles. The van der Waals surface area contributed by atoms with Crippen LogP contribution in [-0.4, -0.2) is 53.0 Å². The van der Waals surface area contributed by atoms with E-state index in [9.17, 15) is 10.1 Å². The van der Waals surface area contributed by atoms with Crippen LogP contribution in [0.25, 0.3) is 0 Å². The molecular weight excluding hydrogens is 344 g/mol. The van der Waals surface area contributed by atoms with Crippen LogP contribution in [0, 0.1) is 17.0 Å². The highest BCUT2D eigenvalue weighted by atomic mass is 35.5. The van der Waals surface area contributed by atoms with Crippen molar-refractivity contribution in [3.8, 4) is 0 Å². The fourth-order valence-corrected chi connectivity index (χ4v) is 3.02. The van der Waals surface area contributed by atoms with Crippen molar-refractivity contribution >= 4 is 34.6 Å². The number of piperazine rings is 1. The minimum atomic E-state index is -0.499. The Morgan fingerprint density at radius 3 is 2.60 bits per heavy atom. The van der Waals surface area contributed by atoms with Gasteiger partial charge in [0.2, 0.25) is 5.95 Å².